The average molecular weight is 370 g/mol. The van der Waals surface area contributed by atoms with Gasteiger partial charge in [0.25, 0.3) is 0 Å². The van der Waals surface area contributed by atoms with E-state index in [2.05, 4.69) is 0 Å². The fraction of sp³-hybridized carbons (Fsp3) is 0.294. The summed E-state index contributed by atoms with van der Waals surface area (Å²) in [6.45, 7) is 0.425. The summed E-state index contributed by atoms with van der Waals surface area (Å²) < 4.78 is 45.6. The van der Waals surface area contributed by atoms with Crippen LogP contribution in [0.4, 0.5) is 4.39 Å². The number of benzene rings is 2. The van der Waals surface area contributed by atoms with Gasteiger partial charge in [-0.1, -0.05) is 23.7 Å². The van der Waals surface area contributed by atoms with Crippen molar-refractivity contribution in [3.8, 4) is 5.75 Å². The largest absolute Gasteiger partial charge is 0.495 e. The van der Waals surface area contributed by atoms with Crippen LogP contribution in [0.15, 0.2) is 47.4 Å². The Hall–Kier alpha value is -1.63. The molecule has 128 valence electrons. The molecule has 0 aromatic heterocycles. The average Bonchev–Trinajstić information content (AvgIpc) is 3.06. The van der Waals surface area contributed by atoms with Crippen molar-refractivity contribution in [1.82, 2.24) is 4.31 Å². The Kier molecular flexibility index (Phi) is 4.80. The Morgan fingerprint density at radius 2 is 1.92 bits per heavy atom. The summed E-state index contributed by atoms with van der Waals surface area (Å²) in [7, 11) is -2.22. The van der Waals surface area contributed by atoms with Crippen molar-refractivity contribution >= 4 is 21.6 Å². The first-order chi connectivity index (χ1) is 11.4. The molecule has 1 saturated heterocycles. The molecule has 3 rings (SSSR count). The van der Waals surface area contributed by atoms with Crippen molar-refractivity contribution in [1.29, 1.82) is 0 Å². The summed E-state index contributed by atoms with van der Waals surface area (Å²) in [4.78, 5) is 0.127. The Morgan fingerprint density at radius 1 is 1.21 bits per heavy atom. The Labute approximate surface area is 145 Å². The summed E-state index contributed by atoms with van der Waals surface area (Å²) in [5.41, 5.74) is 0.789. The van der Waals surface area contributed by atoms with E-state index in [4.69, 9.17) is 16.3 Å². The number of hydrogen-bond donors (Lipinski definition) is 0. The third kappa shape index (κ3) is 3.14. The second-order valence-electron chi connectivity index (χ2n) is 5.62. The Balaban J connectivity index is 1.96. The molecule has 0 amide bonds. The second-order valence-corrected chi connectivity index (χ2v) is 7.92. The van der Waals surface area contributed by atoms with Crippen LogP contribution in [-0.2, 0) is 10.0 Å². The zero-order valence-corrected chi connectivity index (χ0v) is 14.6. The number of rotatable bonds is 4. The van der Waals surface area contributed by atoms with Crippen LogP contribution >= 0.6 is 11.6 Å². The molecule has 24 heavy (non-hydrogen) atoms. The molecule has 1 atom stereocenters. The van der Waals surface area contributed by atoms with Crippen LogP contribution in [0.1, 0.15) is 24.4 Å². The van der Waals surface area contributed by atoms with E-state index in [0.717, 1.165) is 12.0 Å². The molecule has 1 fully saturated rings. The van der Waals surface area contributed by atoms with Crippen LogP contribution in [0.3, 0.4) is 0 Å². The molecule has 4 nitrogen and oxygen atoms in total. The molecule has 0 bridgehead atoms. The van der Waals surface area contributed by atoms with Gasteiger partial charge in [0.05, 0.1) is 23.1 Å². The molecular formula is C17H17ClFNO3S. The van der Waals surface area contributed by atoms with Crippen molar-refractivity contribution < 1.29 is 17.5 Å². The number of methoxy groups -OCH3 is 1. The van der Waals surface area contributed by atoms with Gasteiger partial charge in [0.15, 0.2) is 0 Å². The standard InChI is InChI=1S/C17H17ClFNO3S/c1-23-17-9-8-14(11-15(17)18)24(21,22)20-10-2-3-16(20)12-4-6-13(19)7-5-12/h4-9,11,16H,2-3,10H2,1H3/t16-/m0/s1. The SMILES string of the molecule is COc1ccc(S(=O)(=O)N2CCC[C@H]2c2ccc(F)cc2)cc1Cl. The van der Waals surface area contributed by atoms with Crippen LogP contribution in [0.2, 0.25) is 5.02 Å². The highest BCUT2D eigenvalue weighted by Crippen LogP contribution is 2.37. The fourth-order valence-corrected chi connectivity index (χ4v) is 5.02. The highest BCUT2D eigenvalue weighted by molar-refractivity contribution is 7.89. The molecule has 2 aromatic carbocycles. The molecule has 7 heteroatoms. The molecule has 0 radical (unpaired) electrons. The molecule has 1 aliphatic rings. The summed E-state index contributed by atoms with van der Waals surface area (Å²) in [6, 6.07) is 10.1. The van der Waals surface area contributed by atoms with Gasteiger partial charge in [0.2, 0.25) is 10.0 Å². The van der Waals surface area contributed by atoms with E-state index in [1.165, 1.54) is 41.7 Å². The third-order valence-electron chi connectivity index (χ3n) is 4.19. The van der Waals surface area contributed by atoms with E-state index in [0.29, 0.717) is 18.7 Å². The van der Waals surface area contributed by atoms with Gasteiger partial charge < -0.3 is 4.74 Å². The number of nitrogens with zero attached hydrogens (tertiary/aromatic N) is 1. The zero-order valence-electron chi connectivity index (χ0n) is 13.1. The first kappa shape index (κ1) is 17.2. The van der Waals surface area contributed by atoms with Crippen molar-refractivity contribution in [2.75, 3.05) is 13.7 Å². The van der Waals surface area contributed by atoms with Crippen molar-refractivity contribution in [3.05, 3.63) is 58.9 Å². The van der Waals surface area contributed by atoms with Crippen molar-refractivity contribution in [3.63, 3.8) is 0 Å². The molecule has 0 N–H and O–H groups in total. The van der Waals surface area contributed by atoms with E-state index < -0.39 is 10.0 Å². The monoisotopic (exact) mass is 369 g/mol. The lowest BCUT2D eigenvalue weighted by Crippen LogP contribution is -2.30. The van der Waals surface area contributed by atoms with Gasteiger partial charge >= 0.3 is 0 Å². The number of sulfonamides is 1. The van der Waals surface area contributed by atoms with E-state index in [-0.39, 0.29) is 21.8 Å². The summed E-state index contributed by atoms with van der Waals surface area (Å²) in [5, 5.41) is 0.246. The van der Waals surface area contributed by atoms with Crippen molar-refractivity contribution in [2.24, 2.45) is 0 Å². The highest BCUT2D eigenvalue weighted by atomic mass is 35.5. The molecular weight excluding hydrogens is 353 g/mol. The van der Waals surface area contributed by atoms with Gasteiger partial charge in [0, 0.05) is 6.54 Å². The van der Waals surface area contributed by atoms with Crippen LogP contribution in [-0.4, -0.2) is 26.4 Å². The first-order valence-electron chi connectivity index (χ1n) is 7.54. The molecule has 0 spiro atoms. The summed E-state index contributed by atoms with van der Waals surface area (Å²) >= 11 is 6.06. The quantitative estimate of drug-likeness (QED) is 0.817. The second kappa shape index (κ2) is 6.70. The lowest BCUT2D eigenvalue weighted by Gasteiger charge is -2.24. The van der Waals surface area contributed by atoms with Gasteiger partial charge in [-0.3, -0.25) is 0 Å². The topological polar surface area (TPSA) is 46.6 Å². The summed E-state index contributed by atoms with van der Waals surface area (Å²) in [5.74, 6) is 0.0835. The fourth-order valence-electron chi connectivity index (χ4n) is 2.99. The molecule has 0 saturated carbocycles. The smallest absolute Gasteiger partial charge is 0.243 e. The predicted molar refractivity (Wildman–Crippen MR) is 90.3 cm³/mol. The highest BCUT2D eigenvalue weighted by Gasteiger charge is 2.36. The maximum absolute atomic E-state index is 13.1. The van der Waals surface area contributed by atoms with Gasteiger partial charge in [-0.15, -0.1) is 0 Å². The van der Waals surface area contributed by atoms with Gasteiger partial charge in [-0.25, -0.2) is 12.8 Å². The molecule has 0 aliphatic carbocycles. The predicted octanol–water partition coefficient (Wildman–Crippen LogP) is 4.01. The van der Waals surface area contributed by atoms with E-state index in [1.54, 1.807) is 12.1 Å². The van der Waals surface area contributed by atoms with E-state index in [1.807, 2.05) is 0 Å². The lowest BCUT2D eigenvalue weighted by atomic mass is 10.1. The minimum Gasteiger partial charge on any atom is -0.495 e. The number of hydrogen-bond acceptors (Lipinski definition) is 3. The third-order valence-corrected chi connectivity index (χ3v) is 6.39. The first-order valence-corrected chi connectivity index (χ1v) is 9.36. The van der Waals surface area contributed by atoms with Gasteiger partial charge in [-0.2, -0.15) is 4.31 Å². The van der Waals surface area contributed by atoms with E-state index in [9.17, 15) is 12.8 Å². The van der Waals surface area contributed by atoms with Crippen molar-refractivity contribution in [2.45, 2.75) is 23.8 Å². The summed E-state index contributed by atoms with van der Waals surface area (Å²) in [6.07, 6.45) is 1.46. The number of ether oxygens (including phenoxy) is 1. The molecule has 2 aromatic rings. The van der Waals surface area contributed by atoms with Crippen LogP contribution in [0, 0.1) is 5.82 Å². The molecule has 1 heterocycles. The van der Waals surface area contributed by atoms with Gasteiger partial charge in [0.1, 0.15) is 11.6 Å². The van der Waals surface area contributed by atoms with Crippen LogP contribution in [0.5, 0.6) is 5.75 Å². The normalized spacial score (nSPS) is 18.7. The zero-order chi connectivity index (χ0) is 17.3. The molecule has 1 aliphatic heterocycles. The Bertz CT molecular complexity index is 839. The van der Waals surface area contributed by atoms with E-state index >= 15 is 0 Å². The Morgan fingerprint density at radius 3 is 2.54 bits per heavy atom. The minimum absolute atomic E-state index is 0.127. The van der Waals surface area contributed by atoms with Gasteiger partial charge in [-0.05, 0) is 48.7 Å². The number of halogens is 2. The minimum atomic E-state index is -3.69. The molecule has 0 unspecified atom stereocenters. The lowest BCUT2D eigenvalue weighted by molar-refractivity contribution is 0.396. The maximum Gasteiger partial charge on any atom is 0.243 e. The maximum atomic E-state index is 13.1. The van der Waals surface area contributed by atoms with Crippen LogP contribution < -0.4 is 4.74 Å². The van der Waals surface area contributed by atoms with Crippen LogP contribution in [0.25, 0.3) is 0 Å².